The Morgan fingerprint density at radius 3 is 2.63 bits per heavy atom. The molecule has 1 N–H and O–H groups in total. The van der Waals surface area contributed by atoms with Crippen LogP contribution in [0.25, 0.3) is 10.2 Å². The summed E-state index contributed by atoms with van der Waals surface area (Å²) in [4.78, 5) is 4.72. The van der Waals surface area contributed by atoms with E-state index in [1.165, 1.54) is 7.11 Å². The molecular weight excluding hydrogens is 380 g/mol. The minimum Gasteiger partial charge on any atom is -0.495 e. The monoisotopic (exact) mass is 404 g/mol. The maximum absolute atomic E-state index is 13.0. The van der Waals surface area contributed by atoms with Crippen LogP contribution in [-0.4, -0.2) is 20.5 Å². The van der Waals surface area contributed by atoms with Gasteiger partial charge in [-0.1, -0.05) is 26.8 Å². The van der Waals surface area contributed by atoms with Crippen molar-refractivity contribution < 1.29 is 13.2 Å². The lowest BCUT2D eigenvalue weighted by Gasteiger charge is -2.14. The second-order valence-corrected chi connectivity index (χ2v) is 9.48. The Balaban J connectivity index is 1.96. The van der Waals surface area contributed by atoms with Crippen molar-refractivity contribution in [3.05, 3.63) is 47.0 Å². The predicted octanol–water partition coefficient (Wildman–Crippen LogP) is 5.18. The summed E-state index contributed by atoms with van der Waals surface area (Å²) in [6.07, 6.45) is 1.96. The molecule has 144 valence electrons. The fourth-order valence-electron chi connectivity index (χ4n) is 2.83. The quantitative estimate of drug-likeness (QED) is 0.589. The lowest BCUT2D eigenvalue weighted by molar-refractivity contribution is 0.402. The highest BCUT2D eigenvalue weighted by Crippen LogP contribution is 2.31. The van der Waals surface area contributed by atoms with Crippen LogP contribution in [0.15, 0.2) is 41.3 Å². The van der Waals surface area contributed by atoms with E-state index in [1.54, 1.807) is 29.5 Å². The first-order chi connectivity index (χ1) is 12.8. The Labute approximate surface area is 164 Å². The third-order valence-electron chi connectivity index (χ3n) is 4.29. The first-order valence-electron chi connectivity index (χ1n) is 8.94. The number of fused-ring (bicyclic) bond motifs is 1. The number of rotatable bonds is 7. The summed E-state index contributed by atoms with van der Waals surface area (Å²) in [6.45, 7) is 6.17. The number of nitrogens with zero attached hydrogens (tertiary/aromatic N) is 1. The van der Waals surface area contributed by atoms with Crippen LogP contribution >= 0.6 is 11.3 Å². The number of anilines is 1. The van der Waals surface area contributed by atoms with E-state index in [4.69, 9.17) is 4.74 Å². The number of sulfonamides is 1. The van der Waals surface area contributed by atoms with Gasteiger partial charge in [-0.2, -0.15) is 0 Å². The third kappa shape index (κ3) is 4.25. The average Bonchev–Trinajstić information content (AvgIpc) is 3.02. The molecule has 7 heteroatoms. The number of hydrogen-bond acceptors (Lipinski definition) is 5. The van der Waals surface area contributed by atoms with Crippen molar-refractivity contribution in [3.8, 4) is 5.75 Å². The van der Waals surface area contributed by atoms with Gasteiger partial charge in [0.05, 0.1) is 28.0 Å². The Bertz CT molecular complexity index is 1060. The molecular formula is C20H24N2O3S2. The van der Waals surface area contributed by atoms with Gasteiger partial charge in [0.25, 0.3) is 10.0 Å². The van der Waals surface area contributed by atoms with Crippen LogP contribution in [-0.2, 0) is 16.4 Å². The summed E-state index contributed by atoms with van der Waals surface area (Å²) >= 11 is 1.60. The van der Waals surface area contributed by atoms with E-state index in [-0.39, 0.29) is 10.8 Å². The zero-order valence-electron chi connectivity index (χ0n) is 15.9. The van der Waals surface area contributed by atoms with Crippen molar-refractivity contribution in [1.29, 1.82) is 0 Å². The fraction of sp³-hybridized carbons (Fsp3) is 0.350. The van der Waals surface area contributed by atoms with E-state index >= 15 is 0 Å². The summed E-state index contributed by atoms with van der Waals surface area (Å²) in [7, 11) is -2.30. The summed E-state index contributed by atoms with van der Waals surface area (Å²) < 4.78 is 34.9. The number of hydrogen-bond donors (Lipinski definition) is 1. The molecule has 3 aromatic rings. The zero-order valence-corrected chi connectivity index (χ0v) is 17.6. The van der Waals surface area contributed by atoms with Gasteiger partial charge in [-0.3, -0.25) is 4.72 Å². The van der Waals surface area contributed by atoms with Crippen LogP contribution in [0, 0.1) is 0 Å². The van der Waals surface area contributed by atoms with Gasteiger partial charge in [-0.05, 0) is 54.7 Å². The number of ether oxygens (including phenoxy) is 1. The van der Waals surface area contributed by atoms with Crippen molar-refractivity contribution in [2.45, 2.75) is 44.4 Å². The molecule has 0 saturated carbocycles. The molecule has 5 nitrogen and oxygen atoms in total. The number of aryl methyl sites for hydroxylation is 1. The molecule has 0 bridgehead atoms. The predicted molar refractivity (Wildman–Crippen MR) is 112 cm³/mol. The van der Waals surface area contributed by atoms with Crippen LogP contribution in [0.1, 0.15) is 43.7 Å². The molecule has 0 aliphatic heterocycles. The van der Waals surface area contributed by atoms with Crippen LogP contribution in [0.2, 0.25) is 0 Å². The average molecular weight is 405 g/mol. The van der Waals surface area contributed by atoms with Gasteiger partial charge in [-0.15, -0.1) is 11.3 Å². The molecule has 0 amide bonds. The molecule has 0 spiro atoms. The standard InChI is InChI=1S/C20H24N2O3S2/c1-5-6-20-21-16-9-8-15(12-18(16)26-20)22-27(23,24)19-11-14(13(2)3)7-10-17(19)25-4/h7-13,22H,5-6H2,1-4H3. The fourth-order valence-corrected chi connectivity index (χ4v) is 5.19. The van der Waals surface area contributed by atoms with E-state index in [1.807, 2.05) is 32.0 Å². The second-order valence-electron chi connectivity index (χ2n) is 6.71. The van der Waals surface area contributed by atoms with E-state index in [9.17, 15) is 8.42 Å². The van der Waals surface area contributed by atoms with Crippen LogP contribution in [0.4, 0.5) is 5.69 Å². The van der Waals surface area contributed by atoms with Gasteiger partial charge in [0.2, 0.25) is 0 Å². The normalized spacial score (nSPS) is 11.9. The van der Waals surface area contributed by atoms with Gasteiger partial charge >= 0.3 is 0 Å². The molecule has 0 aliphatic carbocycles. The number of benzene rings is 2. The minimum atomic E-state index is -3.77. The molecule has 0 atom stereocenters. The molecule has 2 aromatic carbocycles. The Morgan fingerprint density at radius 2 is 1.96 bits per heavy atom. The number of aromatic nitrogens is 1. The van der Waals surface area contributed by atoms with E-state index in [2.05, 4.69) is 16.6 Å². The van der Waals surface area contributed by atoms with Gasteiger partial charge in [0, 0.05) is 0 Å². The number of thiazole rings is 1. The molecule has 0 aliphatic rings. The van der Waals surface area contributed by atoms with Crippen molar-refractivity contribution in [3.63, 3.8) is 0 Å². The molecule has 0 unspecified atom stereocenters. The Hall–Kier alpha value is -2.12. The topological polar surface area (TPSA) is 68.3 Å². The smallest absolute Gasteiger partial charge is 0.265 e. The molecule has 3 rings (SSSR count). The van der Waals surface area contributed by atoms with Crippen molar-refractivity contribution in [2.75, 3.05) is 11.8 Å². The van der Waals surface area contributed by atoms with Gasteiger partial charge < -0.3 is 4.74 Å². The minimum absolute atomic E-state index is 0.146. The summed E-state index contributed by atoms with van der Waals surface area (Å²) in [5, 5.41) is 1.07. The molecule has 0 radical (unpaired) electrons. The molecule has 0 fully saturated rings. The van der Waals surface area contributed by atoms with Crippen LogP contribution in [0.3, 0.4) is 0 Å². The maximum Gasteiger partial charge on any atom is 0.265 e. The highest BCUT2D eigenvalue weighted by atomic mass is 32.2. The molecule has 1 heterocycles. The number of nitrogens with one attached hydrogen (secondary N) is 1. The lowest BCUT2D eigenvalue weighted by atomic mass is 10.0. The van der Waals surface area contributed by atoms with Crippen LogP contribution in [0.5, 0.6) is 5.75 Å². The van der Waals surface area contributed by atoms with Gasteiger partial charge in [0.1, 0.15) is 10.6 Å². The van der Waals surface area contributed by atoms with E-state index in [0.717, 1.165) is 33.6 Å². The van der Waals surface area contributed by atoms with Gasteiger partial charge in [0.15, 0.2) is 0 Å². The summed E-state index contributed by atoms with van der Waals surface area (Å²) in [6, 6.07) is 10.7. The van der Waals surface area contributed by atoms with Gasteiger partial charge in [-0.25, -0.2) is 13.4 Å². The van der Waals surface area contributed by atoms with E-state index in [0.29, 0.717) is 11.4 Å². The second kappa shape index (κ2) is 7.86. The third-order valence-corrected chi connectivity index (χ3v) is 6.77. The maximum atomic E-state index is 13.0. The molecule has 0 saturated heterocycles. The first-order valence-corrected chi connectivity index (χ1v) is 11.2. The SMILES string of the molecule is CCCc1nc2ccc(NS(=O)(=O)c3cc(C(C)C)ccc3OC)cc2s1. The van der Waals surface area contributed by atoms with Crippen molar-refractivity contribution in [1.82, 2.24) is 4.98 Å². The highest BCUT2D eigenvalue weighted by molar-refractivity contribution is 7.92. The first kappa shape index (κ1) is 19.6. The lowest BCUT2D eigenvalue weighted by Crippen LogP contribution is -2.14. The van der Waals surface area contributed by atoms with E-state index < -0.39 is 10.0 Å². The molecule has 27 heavy (non-hydrogen) atoms. The number of methoxy groups -OCH3 is 1. The van der Waals surface area contributed by atoms with Crippen molar-refractivity contribution in [2.24, 2.45) is 0 Å². The highest BCUT2D eigenvalue weighted by Gasteiger charge is 2.21. The van der Waals surface area contributed by atoms with Crippen molar-refractivity contribution >= 4 is 37.3 Å². The Kier molecular flexibility index (Phi) is 5.72. The largest absolute Gasteiger partial charge is 0.495 e. The summed E-state index contributed by atoms with van der Waals surface area (Å²) in [5.41, 5.74) is 2.36. The zero-order chi connectivity index (χ0) is 19.6. The molecule has 1 aromatic heterocycles. The Morgan fingerprint density at radius 1 is 1.19 bits per heavy atom. The summed E-state index contributed by atoms with van der Waals surface area (Å²) in [5.74, 6) is 0.548. The van der Waals surface area contributed by atoms with Crippen LogP contribution < -0.4 is 9.46 Å².